The lowest BCUT2D eigenvalue weighted by Crippen LogP contribution is -2.22. The first-order chi connectivity index (χ1) is 10.7. The fraction of sp³-hybridized carbons (Fsp3) is 0.900. The third-order valence-corrected chi connectivity index (χ3v) is 4.66. The second kappa shape index (κ2) is 16.8. The molecule has 0 bridgehead atoms. The zero-order chi connectivity index (χ0) is 16.5. The number of amides is 1. The first-order valence-corrected chi connectivity index (χ1v) is 9.81. The van der Waals surface area contributed by atoms with E-state index in [-0.39, 0.29) is 11.8 Å². The van der Waals surface area contributed by atoms with E-state index in [4.69, 9.17) is 5.73 Å². The highest BCUT2D eigenvalue weighted by Crippen LogP contribution is 2.16. The molecule has 1 unspecified atom stereocenters. The third-order valence-electron chi connectivity index (χ3n) is 4.66. The van der Waals surface area contributed by atoms with Gasteiger partial charge in [-0.3, -0.25) is 4.79 Å². The highest BCUT2D eigenvalue weighted by atomic mass is 16.1. The number of carbonyl (C=O) groups is 1. The Labute approximate surface area is 139 Å². The van der Waals surface area contributed by atoms with Gasteiger partial charge in [-0.1, -0.05) is 104 Å². The summed E-state index contributed by atoms with van der Waals surface area (Å²) in [4.78, 5) is 11.1. The van der Waals surface area contributed by atoms with Crippen molar-refractivity contribution < 1.29 is 4.79 Å². The van der Waals surface area contributed by atoms with Crippen molar-refractivity contribution in [3.05, 3.63) is 6.92 Å². The van der Waals surface area contributed by atoms with Crippen LogP contribution in [0.15, 0.2) is 0 Å². The predicted octanol–water partition coefficient (Wildman–Crippen LogP) is 6.18. The lowest BCUT2D eigenvalue weighted by molar-refractivity contribution is -0.121. The summed E-state index contributed by atoms with van der Waals surface area (Å²) in [5.74, 6) is -0.179. The minimum absolute atomic E-state index is 0.00248. The summed E-state index contributed by atoms with van der Waals surface area (Å²) in [7, 11) is 0. The van der Waals surface area contributed by atoms with Gasteiger partial charge in [0.05, 0.1) is 0 Å². The second-order valence-electron chi connectivity index (χ2n) is 6.77. The Morgan fingerprint density at radius 1 is 0.773 bits per heavy atom. The van der Waals surface area contributed by atoms with E-state index in [1.54, 1.807) is 0 Å². The Bertz CT molecular complexity index is 240. The van der Waals surface area contributed by atoms with E-state index in [1.165, 1.54) is 83.5 Å². The van der Waals surface area contributed by atoms with Gasteiger partial charge in [0.2, 0.25) is 5.91 Å². The maximum absolute atomic E-state index is 11.1. The third kappa shape index (κ3) is 14.4. The molecule has 1 atom stereocenters. The first-order valence-electron chi connectivity index (χ1n) is 9.81. The molecule has 0 aromatic heterocycles. The molecule has 22 heavy (non-hydrogen) atoms. The van der Waals surface area contributed by atoms with Crippen LogP contribution in [0.3, 0.4) is 0 Å². The zero-order valence-electron chi connectivity index (χ0n) is 15.1. The largest absolute Gasteiger partial charge is 0.369 e. The molecule has 0 heterocycles. The Hall–Kier alpha value is -0.530. The van der Waals surface area contributed by atoms with Crippen molar-refractivity contribution in [3.8, 4) is 0 Å². The SMILES string of the molecule is [CH2]CC(CCCCCCCCCCCCCCCC)C(N)=O. The molecular formula is C20H40NO. The van der Waals surface area contributed by atoms with Gasteiger partial charge in [-0.15, -0.1) is 0 Å². The molecule has 0 aromatic carbocycles. The van der Waals surface area contributed by atoms with E-state index in [0.29, 0.717) is 6.42 Å². The molecule has 0 fully saturated rings. The molecule has 2 nitrogen and oxygen atoms in total. The number of primary amides is 1. The summed E-state index contributed by atoms with van der Waals surface area (Å²) in [6.45, 7) is 6.07. The van der Waals surface area contributed by atoms with Crippen LogP contribution in [0.5, 0.6) is 0 Å². The van der Waals surface area contributed by atoms with Gasteiger partial charge in [0.15, 0.2) is 0 Å². The van der Waals surface area contributed by atoms with Crippen LogP contribution >= 0.6 is 0 Å². The van der Waals surface area contributed by atoms with Crippen molar-refractivity contribution in [2.24, 2.45) is 11.7 Å². The average Bonchev–Trinajstić information content (AvgIpc) is 2.51. The van der Waals surface area contributed by atoms with E-state index >= 15 is 0 Å². The Morgan fingerprint density at radius 2 is 1.14 bits per heavy atom. The van der Waals surface area contributed by atoms with Crippen molar-refractivity contribution in [1.82, 2.24) is 0 Å². The monoisotopic (exact) mass is 310 g/mol. The number of carbonyl (C=O) groups excluding carboxylic acids is 1. The second-order valence-corrected chi connectivity index (χ2v) is 6.77. The molecule has 2 heteroatoms. The van der Waals surface area contributed by atoms with Gasteiger partial charge in [-0.25, -0.2) is 0 Å². The van der Waals surface area contributed by atoms with E-state index in [2.05, 4.69) is 13.8 Å². The molecule has 0 aromatic rings. The minimum atomic E-state index is -0.176. The fourth-order valence-corrected chi connectivity index (χ4v) is 3.01. The van der Waals surface area contributed by atoms with Gasteiger partial charge in [0.1, 0.15) is 0 Å². The lowest BCUT2D eigenvalue weighted by Gasteiger charge is -2.09. The lowest BCUT2D eigenvalue weighted by atomic mass is 9.97. The van der Waals surface area contributed by atoms with Gasteiger partial charge in [-0.05, 0) is 12.8 Å². The van der Waals surface area contributed by atoms with Gasteiger partial charge in [0, 0.05) is 5.92 Å². The number of hydrogen-bond acceptors (Lipinski definition) is 1. The van der Waals surface area contributed by atoms with Gasteiger partial charge in [0.25, 0.3) is 0 Å². The molecule has 0 spiro atoms. The van der Waals surface area contributed by atoms with E-state index in [9.17, 15) is 4.79 Å². The van der Waals surface area contributed by atoms with Crippen LogP contribution in [0.4, 0.5) is 0 Å². The molecule has 2 N–H and O–H groups in total. The summed E-state index contributed by atoms with van der Waals surface area (Å²) in [5.41, 5.74) is 5.32. The topological polar surface area (TPSA) is 43.1 Å². The van der Waals surface area contributed by atoms with E-state index in [0.717, 1.165) is 12.8 Å². The molecule has 0 rings (SSSR count). The Morgan fingerprint density at radius 3 is 1.45 bits per heavy atom. The average molecular weight is 311 g/mol. The first kappa shape index (κ1) is 21.5. The van der Waals surface area contributed by atoms with Crippen molar-refractivity contribution >= 4 is 5.91 Å². The smallest absolute Gasteiger partial charge is 0.220 e. The molecule has 0 aliphatic heterocycles. The summed E-state index contributed by atoms with van der Waals surface area (Å²) in [6.07, 6.45) is 20.7. The highest BCUT2D eigenvalue weighted by Gasteiger charge is 2.11. The quantitative estimate of drug-likeness (QED) is 0.320. The summed E-state index contributed by atoms with van der Waals surface area (Å²) < 4.78 is 0. The molecule has 1 radical (unpaired) electrons. The van der Waals surface area contributed by atoms with Gasteiger partial charge < -0.3 is 5.73 Å². The summed E-state index contributed by atoms with van der Waals surface area (Å²) in [6, 6.07) is 0. The van der Waals surface area contributed by atoms with Crippen LogP contribution in [-0.4, -0.2) is 5.91 Å². The van der Waals surface area contributed by atoms with Crippen LogP contribution in [0, 0.1) is 12.8 Å². The zero-order valence-corrected chi connectivity index (χ0v) is 15.1. The number of unbranched alkanes of at least 4 members (excludes halogenated alkanes) is 13. The standard InChI is InChI=1S/C20H40NO/c1-3-5-6-7-8-9-10-11-12-13-14-15-16-17-18-19(4-2)20(21)22/h19H,2-18H2,1H3,(H2,21,22). The molecule has 1 amide bonds. The normalized spacial score (nSPS) is 12.5. The highest BCUT2D eigenvalue weighted by molar-refractivity contribution is 5.76. The summed E-state index contributed by atoms with van der Waals surface area (Å²) >= 11 is 0. The van der Waals surface area contributed by atoms with Crippen LogP contribution < -0.4 is 5.73 Å². The maximum atomic E-state index is 11.1. The van der Waals surface area contributed by atoms with Crippen LogP contribution in [0.2, 0.25) is 0 Å². The molecule has 0 aliphatic carbocycles. The van der Waals surface area contributed by atoms with Gasteiger partial charge in [-0.2, -0.15) is 0 Å². The predicted molar refractivity (Wildman–Crippen MR) is 97.6 cm³/mol. The summed E-state index contributed by atoms with van der Waals surface area (Å²) in [5, 5.41) is 0. The Kier molecular flexibility index (Phi) is 16.4. The van der Waals surface area contributed by atoms with E-state index in [1.807, 2.05) is 0 Å². The van der Waals surface area contributed by atoms with Crippen LogP contribution in [-0.2, 0) is 4.79 Å². The molecule has 131 valence electrons. The molecule has 0 saturated carbocycles. The fourth-order valence-electron chi connectivity index (χ4n) is 3.01. The van der Waals surface area contributed by atoms with Crippen molar-refractivity contribution in [1.29, 1.82) is 0 Å². The van der Waals surface area contributed by atoms with Crippen LogP contribution in [0.1, 0.15) is 110 Å². The van der Waals surface area contributed by atoms with Gasteiger partial charge >= 0.3 is 0 Å². The van der Waals surface area contributed by atoms with Crippen molar-refractivity contribution in [2.75, 3.05) is 0 Å². The van der Waals surface area contributed by atoms with Crippen LogP contribution in [0.25, 0.3) is 0 Å². The molecule has 0 aliphatic rings. The number of nitrogens with two attached hydrogens (primary N) is 1. The van der Waals surface area contributed by atoms with E-state index < -0.39 is 0 Å². The molecular weight excluding hydrogens is 270 g/mol. The van der Waals surface area contributed by atoms with Crippen molar-refractivity contribution in [2.45, 2.75) is 110 Å². The Balaban J connectivity index is 3.13. The number of rotatable bonds is 17. The minimum Gasteiger partial charge on any atom is -0.369 e. The maximum Gasteiger partial charge on any atom is 0.220 e. The van der Waals surface area contributed by atoms with Crippen molar-refractivity contribution in [3.63, 3.8) is 0 Å². The molecule has 0 saturated heterocycles. The number of hydrogen-bond donors (Lipinski definition) is 1.